The summed E-state index contributed by atoms with van der Waals surface area (Å²) in [7, 11) is 1.72. The molecule has 6 nitrogen and oxygen atoms in total. The second kappa shape index (κ2) is 11.1. The minimum absolute atomic E-state index is 0.123. The maximum Gasteiger partial charge on any atom is 0.264 e. The molecule has 1 atom stereocenters. The van der Waals surface area contributed by atoms with E-state index in [2.05, 4.69) is 49.9 Å². The number of methoxy groups -OCH3 is 1. The zero-order valence-corrected chi connectivity index (χ0v) is 21.4. The van der Waals surface area contributed by atoms with E-state index in [0.717, 1.165) is 53.7 Å². The molecule has 0 N–H and O–H groups in total. The van der Waals surface area contributed by atoms with E-state index in [9.17, 15) is 4.79 Å². The first-order valence-electron chi connectivity index (χ1n) is 12.0. The molecule has 1 amide bonds. The summed E-state index contributed by atoms with van der Waals surface area (Å²) in [4.78, 5) is 28.0. The summed E-state index contributed by atoms with van der Waals surface area (Å²) in [6, 6.07) is 12.4. The van der Waals surface area contributed by atoms with E-state index in [1.54, 1.807) is 7.11 Å². The van der Waals surface area contributed by atoms with Crippen molar-refractivity contribution in [3.8, 4) is 0 Å². The number of rotatable bonds is 8. The minimum Gasteiger partial charge on any atom is -0.378 e. The van der Waals surface area contributed by atoms with Gasteiger partial charge < -0.3 is 14.5 Å². The molecule has 1 aliphatic rings. The lowest BCUT2D eigenvalue weighted by Crippen LogP contribution is -2.49. The average Bonchev–Trinajstić information content (AvgIpc) is 3.39. The van der Waals surface area contributed by atoms with Gasteiger partial charge in [0.05, 0.1) is 17.2 Å². The lowest BCUT2D eigenvalue weighted by Gasteiger charge is -2.36. The van der Waals surface area contributed by atoms with Gasteiger partial charge in [-0.15, -0.1) is 11.3 Å². The van der Waals surface area contributed by atoms with Crippen LogP contribution in [0.3, 0.4) is 0 Å². The van der Waals surface area contributed by atoms with E-state index >= 15 is 0 Å². The van der Waals surface area contributed by atoms with Gasteiger partial charge in [0.1, 0.15) is 11.6 Å². The standard InChI is InChI=1S/C27H34N4O2S/c1-5-20(3)25-28-23(18-33-4)22(17-21-9-6-8-19(2)16-21)26(29-25)30-11-13-31(14-12-30)27(32)24-10-7-15-34-24/h6-10,15-16,20H,5,11-14,17-18H2,1-4H3. The lowest BCUT2D eigenvalue weighted by atomic mass is 10.0. The third-order valence-corrected chi connectivity index (χ3v) is 7.34. The summed E-state index contributed by atoms with van der Waals surface area (Å²) in [6.45, 7) is 9.78. The number of anilines is 1. The van der Waals surface area contributed by atoms with Crippen molar-refractivity contribution >= 4 is 23.1 Å². The van der Waals surface area contributed by atoms with Crippen LogP contribution in [0.1, 0.15) is 64.1 Å². The Bertz CT molecular complexity index is 1110. The molecular weight excluding hydrogens is 444 g/mol. The Morgan fingerprint density at radius 1 is 1.15 bits per heavy atom. The molecule has 0 aliphatic carbocycles. The second-order valence-electron chi connectivity index (χ2n) is 9.00. The summed E-state index contributed by atoms with van der Waals surface area (Å²) in [6.07, 6.45) is 1.73. The van der Waals surface area contributed by atoms with Crippen LogP contribution in [0.15, 0.2) is 41.8 Å². The average molecular weight is 479 g/mol. The number of amides is 1. The first-order valence-corrected chi connectivity index (χ1v) is 12.9. The van der Waals surface area contributed by atoms with Crippen molar-refractivity contribution in [2.24, 2.45) is 0 Å². The summed E-state index contributed by atoms with van der Waals surface area (Å²) < 4.78 is 5.57. The highest BCUT2D eigenvalue weighted by Gasteiger charge is 2.27. The van der Waals surface area contributed by atoms with Crippen molar-refractivity contribution < 1.29 is 9.53 Å². The van der Waals surface area contributed by atoms with Crippen molar-refractivity contribution in [3.63, 3.8) is 0 Å². The number of ether oxygens (including phenoxy) is 1. The fourth-order valence-electron chi connectivity index (χ4n) is 4.34. The van der Waals surface area contributed by atoms with Gasteiger partial charge in [-0.3, -0.25) is 4.79 Å². The number of piperazine rings is 1. The predicted octanol–water partition coefficient (Wildman–Crippen LogP) is 5.06. The molecule has 3 aromatic rings. The molecule has 0 radical (unpaired) electrons. The van der Waals surface area contributed by atoms with E-state index < -0.39 is 0 Å². The largest absolute Gasteiger partial charge is 0.378 e. The van der Waals surface area contributed by atoms with Gasteiger partial charge in [-0.25, -0.2) is 9.97 Å². The number of nitrogens with zero attached hydrogens (tertiary/aromatic N) is 4. The molecule has 4 rings (SSSR count). The van der Waals surface area contributed by atoms with E-state index in [-0.39, 0.29) is 11.8 Å². The van der Waals surface area contributed by atoms with Crippen LogP contribution in [0, 0.1) is 6.92 Å². The molecular formula is C27H34N4O2S. The van der Waals surface area contributed by atoms with Gasteiger partial charge in [-0.05, 0) is 30.4 Å². The van der Waals surface area contributed by atoms with E-state index in [1.807, 2.05) is 22.4 Å². The Kier molecular flexibility index (Phi) is 7.95. The SMILES string of the molecule is CCC(C)c1nc(COC)c(Cc2cccc(C)c2)c(N2CCN(C(=O)c3cccs3)CC2)n1. The van der Waals surface area contributed by atoms with Crippen LogP contribution in [0.5, 0.6) is 0 Å². The first-order chi connectivity index (χ1) is 16.5. The van der Waals surface area contributed by atoms with Gasteiger partial charge in [0, 0.05) is 51.2 Å². The number of thiophene rings is 1. The van der Waals surface area contributed by atoms with Crippen molar-refractivity contribution in [2.75, 3.05) is 38.2 Å². The highest BCUT2D eigenvalue weighted by atomic mass is 32.1. The number of aryl methyl sites for hydroxylation is 1. The lowest BCUT2D eigenvalue weighted by molar-refractivity contribution is 0.0751. The number of benzene rings is 1. The Labute approximate surface area is 206 Å². The molecule has 0 bridgehead atoms. The van der Waals surface area contributed by atoms with Crippen LogP contribution in [0.4, 0.5) is 5.82 Å². The van der Waals surface area contributed by atoms with Crippen molar-refractivity contribution in [1.29, 1.82) is 0 Å². The smallest absolute Gasteiger partial charge is 0.264 e. The molecule has 0 spiro atoms. The van der Waals surface area contributed by atoms with Crippen molar-refractivity contribution in [1.82, 2.24) is 14.9 Å². The Balaban J connectivity index is 1.66. The molecule has 34 heavy (non-hydrogen) atoms. The van der Waals surface area contributed by atoms with Gasteiger partial charge in [0.15, 0.2) is 0 Å². The number of carbonyl (C=O) groups excluding carboxylic acids is 1. The van der Waals surface area contributed by atoms with Gasteiger partial charge in [0.25, 0.3) is 5.91 Å². The molecule has 1 aliphatic heterocycles. The predicted molar refractivity (Wildman–Crippen MR) is 138 cm³/mol. The maximum absolute atomic E-state index is 12.8. The van der Waals surface area contributed by atoms with E-state index in [0.29, 0.717) is 19.7 Å². The fraction of sp³-hybridized carbons (Fsp3) is 0.444. The highest BCUT2D eigenvalue weighted by Crippen LogP contribution is 2.29. The first kappa shape index (κ1) is 24.4. The topological polar surface area (TPSA) is 58.6 Å². The maximum atomic E-state index is 12.8. The highest BCUT2D eigenvalue weighted by molar-refractivity contribution is 7.12. The van der Waals surface area contributed by atoms with Crippen LogP contribution >= 0.6 is 11.3 Å². The Morgan fingerprint density at radius 2 is 1.94 bits per heavy atom. The van der Waals surface area contributed by atoms with Gasteiger partial charge >= 0.3 is 0 Å². The summed E-state index contributed by atoms with van der Waals surface area (Å²) in [5.41, 5.74) is 4.56. The number of aromatic nitrogens is 2. The molecule has 2 aromatic heterocycles. The molecule has 1 unspecified atom stereocenters. The number of hydrogen-bond donors (Lipinski definition) is 0. The number of hydrogen-bond acceptors (Lipinski definition) is 6. The zero-order valence-electron chi connectivity index (χ0n) is 20.6. The van der Waals surface area contributed by atoms with Crippen LogP contribution in [-0.4, -0.2) is 54.1 Å². The van der Waals surface area contributed by atoms with Gasteiger partial charge in [-0.2, -0.15) is 0 Å². The third-order valence-electron chi connectivity index (χ3n) is 6.48. The van der Waals surface area contributed by atoms with Crippen molar-refractivity contribution in [3.05, 3.63) is 74.9 Å². The van der Waals surface area contributed by atoms with Crippen LogP contribution in [0.2, 0.25) is 0 Å². The molecule has 180 valence electrons. The third kappa shape index (κ3) is 5.47. The molecule has 3 heterocycles. The summed E-state index contributed by atoms with van der Waals surface area (Å²) in [5, 5.41) is 1.95. The van der Waals surface area contributed by atoms with Gasteiger partial charge in [-0.1, -0.05) is 49.7 Å². The van der Waals surface area contributed by atoms with Crippen LogP contribution < -0.4 is 4.90 Å². The fourth-order valence-corrected chi connectivity index (χ4v) is 5.03. The molecule has 1 aromatic carbocycles. The second-order valence-corrected chi connectivity index (χ2v) is 9.94. The Hall–Kier alpha value is -2.77. The Morgan fingerprint density at radius 3 is 2.59 bits per heavy atom. The van der Waals surface area contributed by atoms with Crippen LogP contribution in [-0.2, 0) is 17.8 Å². The normalized spacial score (nSPS) is 14.9. The summed E-state index contributed by atoms with van der Waals surface area (Å²) in [5.74, 6) is 2.25. The molecule has 0 saturated carbocycles. The molecule has 7 heteroatoms. The summed E-state index contributed by atoms with van der Waals surface area (Å²) >= 11 is 1.50. The quantitative estimate of drug-likeness (QED) is 0.453. The minimum atomic E-state index is 0.123. The monoisotopic (exact) mass is 478 g/mol. The van der Waals surface area contributed by atoms with E-state index in [4.69, 9.17) is 14.7 Å². The van der Waals surface area contributed by atoms with Crippen LogP contribution in [0.25, 0.3) is 0 Å². The van der Waals surface area contributed by atoms with Crippen molar-refractivity contribution in [2.45, 2.75) is 46.1 Å². The number of carbonyl (C=O) groups is 1. The van der Waals surface area contributed by atoms with Gasteiger partial charge in [0.2, 0.25) is 0 Å². The molecule has 1 fully saturated rings. The zero-order chi connectivity index (χ0) is 24.1. The molecule has 1 saturated heterocycles. The van der Waals surface area contributed by atoms with E-state index in [1.165, 1.54) is 22.5 Å².